The number of azo groups is 1. The van der Waals surface area contributed by atoms with Crippen molar-refractivity contribution in [2.45, 2.75) is 16.2 Å². The number of fused-ring (bicyclic) bond motifs is 1. The van der Waals surface area contributed by atoms with Crippen LogP contribution >= 0.6 is 0 Å². The molecule has 14 nitrogen and oxygen atoms in total. The van der Waals surface area contributed by atoms with Crippen LogP contribution in [-0.2, 0) is 26.7 Å². The standard InChI is InChI=1S/C24H18N4O10S2.Na.H/c25-22-21-14(9-19(39(33,34)35)17(24(21)30)12-18(29)13-5-2-1-3-6-13)10-20(40(36,37)38)23(22)27-26-15-7-4-8-16(11-15)28(31)32;;/h1-11,30H,12,25H2,(H,33,34,35)(H,36,37,38);;. The molecule has 0 aliphatic rings. The topological polar surface area (TPSA) is 240 Å². The molecule has 0 aliphatic carbocycles. The number of nitro benzene ring substituents is 1. The number of aromatic hydroxyl groups is 1. The van der Waals surface area contributed by atoms with Gasteiger partial charge in [-0.1, -0.05) is 36.4 Å². The number of non-ortho nitro benzene ring substituents is 1. The predicted molar refractivity (Wildman–Crippen MR) is 149 cm³/mol. The summed E-state index contributed by atoms with van der Waals surface area (Å²) in [6, 6.07) is 14.0. The van der Waals surface area contributed by atoms with Crippen molar-refractivity contribution in [2.75, 3.05) is 5.73 Å². The first-order valence-corrected chi connectivity index (χ1v) is 13.9. The molecule has 0 unspecified atom stereocenters. The average molecular weight is 611 g/mol. The van der Waals surface area contributed by atoms with E-state index < -0.39 is 69.8 Å². The Kier molecular flexibility index (Phi) is 9.29. The van der Waals surface area contributed by atoms with Gasteiger partial charge in [-0.3, -0.25) is 24.0 Å². The van der Waals surface area contributed by atoms with Gasteiger partial charge < -0.3 is 10.8 Å². The number of phenolic OH excluding ortho intramolecular Hbond substituents is 1. The van der Waals surface area contributed by atoms with Gasteiger partial charge in [0.15, 0.2) is 5.78 Å². The predicted octanol–water partition coefficient (Wildman–Crippen LogP) is 3.72. The van der Waals surface area contributed by atoms with E-state index >= 15 is 0 Å². The first-order valence-electron chi connectivity index (χ1n) is 11.0. The SMILES string of the molecule is Nc1c(N=Nc2cccc([N+](=O)[O-])c2)c(S(=O)(=O)O)cc2cc(S(=O)(=O)O)c(CC(=O)c3ccccc3)c(O)c12.[NaH]. The number of benzene rings is 4. The molecule has 0 atom stereocenters. The Bertz CT molecular complexity index is 1950. The van der Waals surface area contributed by atoms with E-state index in [9.17, 15) is 46.0 Å². The third kappa shape index (κ3) is 6.76. The summed E-state index contributed by atoms with van der Waals surface area (Å²) < 4.78 is 68.4. The number of phenols is 1. The van der Waals surface area contributed by atoms with Gasteiger partial charge >= 0.3 is 29.6 Å². The van der Waals surface area contributed by atoms with E-state index in [0.717, 1.165) is 18.2 Å². The molecule has 4 aromatic rings. The van der Waals surface area contributed by atoms with Crippen molar-refractivity contribution < 1.29 is 40.8 Å². The van der Waals surface area contributed by atoms with Crippen molar-refractivity contribution in [3.05, 3.63) is 88.0 Å². The zero-order valence-corrected chi connectivity index (χ0v) is 21.6. The summed E-state index contributed by atoms with van der Waals surface area (Å²) in [5.41, 5.74) is 4.07. The molecule has 0 heterocycles. The van der Waals surface area contributed by atoms with Gasteiger partial charge in [0.2, 0.25) is 0 Å². The number of ketones is 1. The van der Waals surface area contributed by atoms with Gasteiger partial charge in [-0.2, -0.15) is 21.9 Å². The van der Waals surface area contributed by atoms with E-state index in [1.165, 1.54) is 30.3 Å². The van der Waals surface area contributed by atoms with Crippen molar-refractivity contribution >= 4 is 89.1 Å². The minimum absolute atomic E-state index is 0. The summed E-state index contributed by atoms with van der Waals surface area (Å²) in [7, 11) is -10.2. The maximum absolute atomic E-state index is 12.8. The van der Waals surface area contributed by atoms with Gasteiger partial charge in [-0.05, 0) is 23.6 Å². The number of nitro groups is 1. The molecule has 0 amide bonds. The molecule has 17 heteroatoms. The quantitative estimate of drug-likeness (QED) is 0.0426. The second kappa shape index (κ2) is 12.0. The molecule has 41 heavy (non-hydrogen) atoms. The average Bonchev–Trinajstić information content (AvgIpc) is 2.88. The summed E-state index contributed by atoms with van der Waals surface area (Å²) in [4.78, 5) is 21.3. The Morgan fingerprint density at radius 2 is 1.51 bits per heavy atom. The Balaban J connectivity index is 0.00000462. The molecule has 0 spiro atoms. The molecule has 0 bridgehead atoms. The van der Waals surface area contributed by atoms with Gasteiger partial charge in [0.05, 0.1) is 16.3 Å². The van der Waals surface area contributed by atoms with Crippen molar-refractivity contribution in [1.29, 1.82) is 0 Å². The third-order valence-corrected chi connectivity index (χ3v) is 7.52. The normalized spacial score (nSPS) is 11.9. The number of rotatable bonds is 8. The molecule has 4 rings (SSSR count). The number of hydrogen-bond donors (Lipinski definition) is 4. The second-order valence-electron chi connectivity index (χ2n) is 8.33. The molecule has 0 radical (unpaired) electrons. The van der Waals surface area contributed by atoms with Crippen LogP contribution in [0.25, 0.3) is 10.8 Å². The zero-order valence-electron chi connectivity index (χ0n) is 20.0. The number of nitrogens with two attached hydrogens (primary N) is 1. The van der Waals surface area contributed by atoms with E-state index in [-0.39, 0.29) is 57.3 Å². The number of hydrogen-bond acceptors (Lipinski definition) is 11. The summed E-state index contributed by atoms with van der Waals surface area (Å²) >= 11 is 0. The fraction of sp³-hybridized carbons (Fsp3) is 0.0417. The number of nitrogen functional groups attached to an aromatic ring is 1. The van der Waals surface area contributed by atoms with Crippen LogP contribution in [-0.4, -0.2) is 71.3 Å². The third-order valence-electron chi connectivity index (χ3n) is 5.73. The molecular weight excluding hydrogens is 591 g/mol. The second-order valence-corrected chi connectivity index (χ2v) is 11.1. The fourth-order valence-electron chi connectivity index (χ4n) is 3.93. The van der Waals surface area contributed by atoms with Gasteiger partial charge in [0.25, 0.3) is 25.9 Å². The molecule has 208 valence electrons. The van der Waals surface area contributed by atoms with Gasteiger partial charge in [0.1, 0.15) is 21.2 Å². The van der Waals surface area contributed by atoms with Crippen molar-refractivity contribution in [1.82, 2.24) is 0 Å². The number of anilines is 1. The summed E-state index contributed by atoms with van der Waals surface area (Å²) in [6.45, 7) is 0. The molecule has 0 saturated carbocycles. The van der Waals surface area contributed by atoms with E-state index in [4.69, 9.17) is 5.73 Å². The fourth-order valence-corrected chi connectivity index (χ4v) is 5.35. The van der Waals surface area contributed by atoms with Crippen molar-refractivity contribution in [3.8, 4) is 5.75 Å². The number of carbonyl (C=O) groups excluding carboxylic acids is 1. The first-order chi connectivity index (χ1) is 18.7. The van der Waals surface area contributed by atoms with Crippen molar-refractivity contribution in [3.63, 3.8) is 0 Å². The van der Waals surface area contributed by atoms with Crippen LogP contribution in [0.15, 0.2) is 86.7 Å². The van der Waals surface area contributed by atoms with Crippen LogP contribution in [0.3, 0.4) is 0 Å². The Morgan fingerprint density at radius 3 is 2.10 bits per heavy atom. The molecular formula is C24H19N4NaO10S2. The molecule has 5 N–H and O–H groups in total. The van der Waals surface area contributed by atoms with E-state index in [1.54, 1.807) is 18.2 Å². The van der Waals surface area contributed by atoms with Gasteiger partial charge in [-0.15, -0.1) is 5.11 Å². The molecule has 0 fully saturated rings. The Morgan fingerprint density at radius 1 is 0.902 bits per heavy atom. The Hall–Kier alpha value is -3.77. The van der Waals surface area contributed by atoms with Crippen LogP contribution in [0.5, 0.6) is 5.75 Å². The summed E-state index contributed by atoms with van der Waals surface area (Å²) in [5.74, 6) is -1.50. The summed E-state index contributed by atoms with van der Waals surface area (Å²) in [6.07, 6.45) is -0.703. The van der Waals surface area contributed by atoms with Crippen LogP contribution in [0.1, 0.15) is 15.9 Å². The van der Waals surface area contributed by atoms with E-state index in [0.29, 0.717) is 0 Å². The van der Waals surface area contributed by atoms with Crippen molar-refractivity contribution in [2.24, 2.45) is 10.2 Å². The first kappa shape index (κ1) is 31.8. The monoisotopic (exact) mass is 610 g/mol. The van der Waals surface area contributed by atoms with Gasteiger partial charge in [0, 0.05) is 35.1 Å². The minimum atomic E-state index is -5.09. The van der Waals surface area contributed by atoms with E-state index in [1.807, 2.05) is 0 Å². The zero-order chi connectivity index (χ0) is 29.4. The van der Waals surface area contributed by atoms with Crippen LogP contribution < -0.4 is 5.73 Å². The van der Waals surface area contributed by atoms with Crippen LogP contribution in [0.4, 0.5) is 22.7 Å². The van der Waals surface area contributed by atoms with Gasteiger partial charge in [-0.25, -0.2) is 0 Å². The number of carbonyl (C=O) groups is 1. The molecule has 4 aromatic carbocycles. The molecule has 0 saturated heterocycles. The number of Topliss-reactive ketones (excluding diaryl/α,β-unsaturated/α-hetero) is 1. The van der Waals surface area contributed by atoms with Crippen LogP contribution in [0.2, 0.25) is 0 Å². The molecule has 0 aromatic heterocycles. The van der Waals surface area contributed by atoms with E-state index in [2.05, 4.69) is 10.2 Å². The summed E-state index contributed by atoms with van der Waals surface area (Å²) in [5, 5.41) is 28.9. The van der Waals surface area contributed by atoms with Crippen LogP contribution in [0, 0.1) is 10.1 Å². The number of nitrogens with zero attached hydrogens (tertiary/aromatic N) is 3. The Labute approximate surface area is 254 Å². The maximum atomic E-state index is 12.8. The molecule has 0 aliphatic heterocycles.